The summed E-state index contributed by atoms with van der Waals surface area (Å²) in [4.78, 5) is 0. The average Bonchev–Trinajstić information content (AvgIpc) is 2.61. The monoisotopic (exact) mass is 294 g/mol. The van der Waals surface area contributed by atoms with Crippen molar-refractivity contribution in [2.75, 3.05) is 19.7 Å². The van der Waals surface area contributed by atoms with E-state index in [-0.39, 0.29) is 6.23 Å². The van der Waals surface area contributed by atoms with E-state index >= 15 is 0 Å². The summed E-state index contributed by atoms with van der Waals surface area (Å²) in [6.45, 7) is 7.59. The molecule has 0 saturated carbocycles. The molecule has 0 aliphatic carbocycles. The van der Waals surface area contributed by atoms with Crippen LogP contribution in [0.25, 0.3) is 5.57 Å². The van der Waals surface area contributed by atoms with Crippen LogP contribution in [-0.4, -0.2) is 25.9 Å². The van der Waals surface area contributed by atoms with Gasteiger partial charge in [-0.15, -0.1) is 0 Å². The molecule has 0 spiro atoms. The number of hydrogen-bond acceptors (Lipinski definition) is 3. The smallest absolute Gasteiger partial charge is 0.121 e. The summed E-state index contributed by atoms with van der Waals surface area (Å²) in [5, 5.41) is 6.79. The highest BCUT2D eigenvalue weighted by Gasteiger charge is 2.13. The zero-order valence-electron chi connectivity index (χ0n) is 12.7. The van der Waals surface area contributed by atoms with Gasteiger partial charge in [0.05, 0.1) is 6.61 Å². The van der Waals surface area contributed by atoms with Crippen LogP contribution in [0, 0.1) is 0 Å². The molecule has 2 aromatic carbocycles. The normalized spacial score (nSPS) is 18.1. The van der Waals surface area contributed by atoms with E-state index in [2.05, 4.69) is 53.6 Å². The van der Waals surface area contributed by atoms with Gasteiger partial charge in [0.15, 0.2) is 0 Å². The van der Waals surface area contributed by atoms with Crippen molar-refractivity contribution in [3.8, 4) is 0 Å². The van der Waals surface area contributed by atoms with Crippen LogP contribution >= 0.6 is 0 Å². The number of benzene rings is 2. The second-order valence-corrected chi connectivity index (χ2v) is 5.45. The third-order valence-electron chi connectivity index (χ3n) is 3.91. The van der Waals surface area contributed by atoms with Gasteiger partial charge >= 0.3 is 0 Å². The molecule has 0 aromatic heterocycles. The van der Waals surface area contributed by atoms with Crippen molar-refractivity contribution in [3.63, 3.8) is 0 Å². The summed E-state index contributed by atoms with van der Waals surface area (Å²) in [5.74, 6) is 0. The van der Waals surface area contributed by atoms with Crippen molar-refractivity contribution < 1.29 is 4.74 Å². The van der Waals surface area contributed by atoms with Crippen LogP contribution in [0.5, 0.6) is 0 Å². The van der Waals surface area contributed by atoms with Crippen LogP contribution in [0.2, 0.25) is 0 Å². The fourth-order valence-corrected chi connectivity index (χ4v) is 2.68. The lowest BCUT2D eigenvalue weighted by Crippen LogP contribution is -2.46. The average molecular weight is 294 g/mol. The van der Waals surface area contributed by atoms with Crippen molar-refractivity contribution in [1.82, 2.24) is 10.6 Å². The predicted octanol–water partition coefficient (Wildman–Crippen LogP) is 2.78. The van der Waals surface area contributed by atoms with Crippen LogP contribution in [0.3, 0.4) is 0 Å². The lowest BCUT2D eigenvalue weighted by molar-refractivity contribution is 0.00580. The molecule has 3 heteroatoms. The standard InChI is InChI=1S/C19H22N2O/c1-15(16-7-3-2-4-8-16)18-10-6-5-9-17(18)13-21-19-14-20-11-12-22-19/h2-10,19-21H,1,11-14H2. The summed E-state index contributed by atoms with van der Waals surface area (Å²) >= 11 is 0. The van der Waals surface area contributed by atoms with E-state index in [0.717, 1.165) is 37.4 Å². The third kappa shape index (κ3) is 3.63. The van der Waals surface area contributed by atoms with Gasteiger partial charge in [-0.1, -0.05) is 61.2 Å². The number of rotatable bonds is 5. The van der Waals surface area contributed by atoms with Crippen molar-refractivity contribution in [2.45, 2.75) is 12.8 Å². The molecule has 1 fully saturated rings. The summed E-state index contributed by atoms with van der Waals surface area (Å²) in [6.07, 6.45) is 0.0757. The molecular formula is C19H22N2O. The number of ether oxygens (including phenoxy) is 1. The molecule has 1 unspecified atom stereocenters. The molecule has 2 aromatic rings. The predicted molar refractivity (Wildman–Crippen MR) is 90.5 cm³/mol. The summed E-state index contributed by atoms with van der Waals surface area (Å²) in [6, 6.07) is 18.7. The Labute approximate surface area is 132 Å². The highest BCUT2D eigenvalue weighted by atomic mass is 16.5. The molecule has 0 bridgehead atoms. The van der Waals surface area contributed by atoms with E-state index < -0.39 is 0 Å². The van der Waals surface area contributed by atoms with Crippen LogP contribution < -0.4 is 10.6 Å². The first-order valence-corrected chi connectivity index (χ1v) is 7.73. The molecule has 0 radical (unpaired) electrons. The molecule has 1 aliphatic rings. The van der Waals surface area contributed by atoms with Crippen LogP contribution in [-0.2, 0) is 11.3 Å². The Morgan fingerprint density at radius 3 is 2.68 bits per heavy atom. The number of morpholine rings is 1. The molecule has 1 aliphatic heterocycles. The van der Waals surface area contributed by atoms with Crippen LogP contribution in [0.4, 0.5) is 0 Å². The van der Waals surface area contributed by atoms with Crippen LogP contribution in [0.15, 0.2) is 61.2 Å². The first kappa shape index (κ1) is 15.0. The van der Waals surface area contributed by atoms with E-state index in [1.165, 1.54) is 11.1 Å². The van der Waals surface area contributed by atoms with Gasteiger partial charge in [0.25, 0.3) is 0 Å². The van der Waals surface area contributed by atoms with Crippen molar-refractivity contribution >= 4 is 5.57 Å². The summed E-state index contributed by atoms with van der Waals surface area (Å²) in [5.41, 5.74) is 4.64. The number of nitrogens with one attached hydrogen (secondary N) is 2. The maximum atomic E-state index is 5.69. The Kier molecular flexibility index (Phi) is 5.01. The minimum absolute atomic E-state index is 0.0757. The van der Waals surface area contributed by atoms with Gasteiger partial charge in [-0.25, -0.2) is 0 Å². The topological polar surface area (TPSA) is 33.3 Å². The highest BCUT2D eigenvalue weighted by Crippen LogP contribution is 2.24. The molecule has 3 nitrogen and oxygen atoms in total. The molecule has 3 rings (SSSR count). The van der Waals surface area contributed by atoms with Gasteiger partial charge < -0.3 is 10.1 Å². The van der Waals surface area contributed by atoms with Crippen molar-refractivity contribution in [2.24, 2.45) is 0 Å². The second-order valence-electron chi connectivity index (χ2n) is 5.45. The Morgan fingerprint density at radius 1 is 1.14 bits per heavy atom. The van der Waals surface area contributed by atoms with Crippen molar-refractivity contribution in [1.29, 1.82) is 0 Å². The molecule has 1 saturated heterocycles. The largest absolute Gasteiger partial charge is 0.361 e. The zero-order valence-corrected chi connectivity index (χ0v) is 12.7. The quantitative estimate of drug-likeness (QED) is 0.889. The van der Waals surface area contributed by atoms with E-state index in [0.29, 0.717) is 0 Å². The minimum atomic E-state index is 0.0757. The first-order valence-electron chi connectivity index (χ1n) is 7.73. The van der Waals surface area contributed by atoms with E-state index in [4.69, 9.17) is 4.74 Å². The van der Waals surface area contributed by atoms with Gasteiger partial charge in [0.2, 0.25) is 0 Å². The van der Waals surface area contributed by atoms with Gasteiger partial charge in [-0.2, -0.15) is 0 Å². The fourth-order valence-electron chi connectivity index (χ4n) is 2.68. The Bertz CT molecular complexity index is 618. The lowest BCUT2D eigenvalue weighted by Gasteiger charge is -2.25. The first-order chi connectivity index (χ1) is 10.8. The highest BCUT2D eigenvalue weighted by molar-refractivity contribution is 5.79. The van der Waals surface area contributed by atoms with E-state index in [9.17, 15) is 0 Å². The Balaban J connectivity index is 1.73. The molecule has 1 heterocycles. The van der Waals surface area contributed by atoms with E-state index in [1.807, 2.05) is 18.2 Å². The molecular weight excluding hydrogens is 272 g/mol. The minimum Gasteiger partial charge on any atom is -0.361 e. The fraction of sp³-hybridized carbons (Fsp3) is 0.263. The maximum absolute atomic E-state index is 5.69. The third-order valence-corrected chi connectivity index (χ3v) is 3.91. The summed E-state index contributed by atoms with van der Waals surface area (Å²) in [7, 11) is 0. The maximum Gasteiger partial charge on any atom is 0.121 e. The second kappa shape index (κ2) is 7.36. The zero-order chi connectivity index (χ0) is 15.2. The Hall–Kier alpha value is -1.94. The molecule has 114 valence electrons. The molecule has 22 heavy (non-hydrogen) atoms. The van der Waals surface area contributed by atoms with Gasteiger partial charge in [0.1, 0.15) is 6.23 Å². The summed E-state index contributed by atoms with van der Waals surface area (Å²) < 4.78 is 5.69. The van der Waals surface area contributed by atoms with Crippen LogP contribution in [0.1, 0.15) is 16.7 Å². The lowest BCUT2D eigenvalue weighted by atomic mass is 9.95. The molecule has 0 amide bonds. The molecule has 1 atom stereocenters. The Morgan fingerprint density at radius 2 is 1.91 bits per heavy atom. The van der Waals surface area contributed by atoms with Gasteiger partial charge in [-0.3, -0.25) is 5.32 Å². The SMILES string of the molecule is C=C(c1ccccc1)c1ccccc1CNC1CNCCO1. The molecule has 2 N–H and O–H groups in total. The van der Waals surface area contributed by atoms with Crippen molar-refractivity contribution in [3.05, 3.63) is 77.9 Å². The van der Waals surface area contributed by atoms with Gasteiger partial charge in [0, 0.05) is 19.6 Å². The van der Waals surface area contributed by atoms with Gasteiger partial charge in [-0.05, 0) is 22.3 Å². The number of hydrogen-bond donors (Lipinski definition) is 2. The van der Waals surface area contributed by atoms with E-state index in [1.54, 1.807) is 0 Å².